The standard InChI is InChI=1S/C12H12F2N2O2/c1-7-11(17)15-5-4-12(7,18)9-3-2-8(6-16-9)10(13)14/h2-3,6,10,18H,1,4-5H2,(H,15,17). The molecule has 6 heteroatoms. The molecule has 1 aliphatic heterocycles. The maximum absolute atomic E-state index is 12.4. The number of alkyl halides is 2. The van der Waals surface area contributed by atoms with E-state index < -0.39 is 17.9 Å². The van der Waals surface area contributed by atoms with Crippen molar-refractivity contribution in [3.63, 3.8) is 0 Å². The van der Waals surface area contributed by atoms with Gasteiger partial charge in [-0.3, -0.25) is 9.78 Å². The second-order valence-electron chi connectivity index (χ2n) is 4.12. The van der Waals surface area contributed by atoms with Crippen LogP contribution in [0.1, 0.15) is 24.1 Å². The molecule has 0 radical (unpaired) electrons. The van der Waals surface area contributed by atoms with Crippen molar-refractivity contribution in [2.75, 3.05) is 6.54 Å². The number of carbonyl (C=O) groups is 1. The van der Waals surface area contributed by atoms with Gasteiger partial charge >= 0.3 is 0 Å². The Labute approximate surface area is 102 Å². The third-order valence-corrected chi connectivity index (χ3v) is 3.01. The first-order chi connectivity index (χ1) is 8.45. The third-order valence-electron chi connectivity index (χ3n) is 3.01. The van der Waals surface area contributed by atoms with Crippen LogP contribution in [0.4, 0.5) is 8.78 Å². The highest BCUT2D eigenvalue weighted by Gasteiger charge is 2.40. The molecule has 0 aromatic carbocycles. The van der Waals surface area contributed by atoms with Gasteiger partial charge in [-0.15, -0.1) is 0 Å². The number of pyridine rings is 1. The predicted molar refractivity (Wildman–Crippen MR) is 59.9 cm³/mol. The van der Waals surface area contributed by atoms with Crippen LogP contribution in [0.2, 0.25) is 0 Å². The summed E-state index contributed by atoms with van der Waals surface area (Å²) in [5, 5.41) is 12.9. The largest absolute Gasteiger partial charge is 0.379 e. The summed E-state index contributed by atoms with van der Waals surface area (Å²) in [6, 6.07) is 2.48. The van der Waals surface area contributed by atoms with Crippen LogP contribution in [0.15, 0.2) is 30.5 Å². The lowest BCUT2D eigenvalue weighted by Gasteiger charge is -2.33. The Bertz CT molecular complexity index is 487. The van der Waals surface area contributed by atoms with Crippen molar-refractivity contribution in [1.29, 1.82) is 0 Å². The van der Waals surface area contributed by atoms with Crippen LogP contribution in [0.3, 0.4) is 0 Å². The van der Waals surface area contributed by atoms with Crippen molar-refractivity contribution in [2.45, 2.75) is 18.4 Å². The number of amides is 1. The number of hydrogen-bond acceptors (Lipinski definition) is 3. The summed E-state index contributed by atoms with van der Waals surface area (Å²) in [7, 11) is 0. The molecule has 96 valence electrons. The van der Waals surface area contributed by atoms with Crippen LogP contribution in [0.5, 0.6) is 0 Å². The minimum atomic E-state index is -2.61. The molecule has 2 heterocycles. The van der Waals surface area contributed by atoms with E-state index in [1.807, 2.05) is 0 Å². The highest BCUT2D eigenvalue weighted by atomic mass is 19.3. The molecule has 1 amide bonds. The van der Waals surface area contributed by atoms with Crippen LogP contribution in [0.25, 0.3) is 0 Å². The lowest BCUT2D eigenvalue weighted by molar-refractivity contribution is -0.122. The van der Waals surface area contributed by atoms with E-state index >= 15 is 0 Å². The number of carbonyl (C=O) groups excluding carboxylic acids is 1. The van der Waals surface area contributed by atoms with Crippen molar-refractivity contribution in [1.82, 2.24) is 10.3 Å². The number of aromatic nitrogens is 1. The summed E-state index contributed by atoms with van der Waals surface area (Å²) in [5.74, 6) is -0.455. The van der Waals surface area contributed by atoms with Gasteiger partial charge in [0.05, 0.1) is 5.69 Å². The molecule has 1 aliphatic rings. The number of halogens is 2. The molecule has 0 spiro atoms. The molecule has 1 atom stereocenters. The zero-order chi connectivity index (χ0) is 13.3. The fraction of sp³-hybridized carbons (Fsp3) is 0.333. The molecule has 18 heavy (non-hydrogen) atoms. The van der Waals surface area contributed by atoms with Crippen molar-refractivity contribution in [2.24, 2.45) is 0 Å². The molecule has 4 nitrogen and oxygen atoms in total. The van der Waals surface area contributed by atoms with Gasteiger partial charge in [0.2, 0.25) is 5.91 Å². The second-order valence-corrected chi connectivity index (χ2v) is 4.12. The zero-order valence-electron chi connectivity index (χ0n) is 9.49. The Morgan fingerprint density at radius 1 is 1.50 bits per heavy atom. The van der Waals surface area contributed by atoms with E-state index in [1.165, 1.54) is 12.1 Å². The lowest BCUT2D eigenvalue weighted by atomic mass is 9.84. The highest BCUT2D eigenvalue weighted by Crippen LogP contribution is 2.33. The summed E-state index contributed by atoms with van der Waals surface area (Å²) >= 11 is 0. The molecule has 1 aromatic rings. The van der Waals surface area contributed by atoms with Gasteiger partial charge in [0.25, 0.3) is 6.43 Å². The molecule has 2 N–H and O–H groups in total. The summed E-state index contributed by atoms with van der Waals surface area (Å²) in [6.45, 7) is 3.82. The van der Waals surface area contributed by atoms with Crippen molar-refractivity contribution in [3.8, 4) is 0 Å². The minimum Gasteiger partial charge on any atom is -0.379 e. The van der Waals surface area contributed by atoms with Crippen LogP contribution >= 0.6 is 0 Å². The van der Waals surface area contributed by atoms with Gasteiger partial charge in [0.1, 0.15) is 5.60 Å². The van der Waals surface area contributed by atoms with Crippen LogP contribution in [-0.4, -0.2) is 22.5 Å². The highest BCUT2D eigenvalue weighted by molar-refractivity contribution is 5.95. The molecular weight excluding hydrogens is 242 g/mol. The smallest absolute Gasteiger partial charge is 0.265 e. The van der Waals surface area contributed by atoms with Crippen LogP contribution in [-0.2, 0) is 10.4 Å². The van der Waals surface area contributed by atoms with E-state index in [1.54, 1.807) is 0 Å². The van der Waals surface area contributed by atoms with Gasteiger partial charge in [-0.25, -0.2) is 8.78 Å². The fourth-order valence-electron chi connectivity index (χ4n) is 1.86. The van der Waals surface area contributed by atoms with Crippen LogP contribution in [0, 0.1) is 0 Å². The molecule has 1 saturated heterocycles. The number of rotatable bonds is 2. The first-order valence-electron chi connectivity index (χ1n) is 5.39. The maximum atomic E-state index is 12.4. The third kappa shape index (κ3) is 1.99. The molecule has 2 rings (SSSR count). The van der Waals surface area contributed by atoms with Crippen molar-refractivity contribution >= 4 is 5.91 Å². The zero-order valence-corrected chi connectivity index (χ0v) is 9.49. The van der Waals surface area contributed by atoms with E-state index in [-0.39, 0.29) is 29.8 Å². The number of piperidine rings is 1. The number of nitrogens with zero attached hydrogens (tertiary/aromatic N) is 1. The second kappa shape index (κ2) is 4.45. The van der Waals surface area contributed by atoms with E-state index in [9.17, 15) is 18.7 Å². The average Bonchev–Trinajstić information content (AvgIpc) is 2.36. The van der Waals surface area contributed by atoms with Crippen molar-refractivity contribution in [3.05, 3.63) is 41.7 Å². The fourth-order valence-corrected chi connectivity index (χ4v) is 1.86. The maximum Gasteiger partial charge on any atom is 0.265 e. The Hall–Kier alpha value is -1.82. The quantitative estimate of drug-likeness (QED) is 0.781. The van der Waals surface area contributed by atoms with Gasteiger partial charge < -0.3 is 10.4 Å². The van der Waals surface area contributed by atoms with Gasteiger partial charge in [-0.1, -0.05) is 6.58 Å². The molecule has 1 fully saturated rings. The van der Waals surface area contributed by atoms with E-state index in [0.717, 1.165) is 6.20 Å². The molecular formula is C12H12F2N2O2. The summed E-state index contributed by atoms with van der Waals surface area (Å²) < 4.78 is 24.8. The van der Waals surface area contributed by atoms with Gasteiger partial charge in [0.15, 0.2) is 0 Å². The summed E-state index contributed by atoms with van der Waals surface area (Å²) in [6.07, 6.45) is -1.39. The monoisotopic (exact) mass is 254 g/mol. The molecule has 0 bridgehead atoms. The molecule has 0 aliphatic carbocycles. The number of hydrogen-bond donors (Lipinski definition) is 2. The SMILES string of the molecule is C=C1C(=O)NCCC1(O)c1ccc(C(F)F)cn1. The number of aliphatic hydroxyl groups is 1. The van der Waals surface area contributed by atoms with E-state index in [4.69, 9.17) is 0 Å². The van der Waals surface area contributed by atoms with Crippen LogP contribution < -0.4 is 5.32 Å². The van der Waals surface area contributed by atoms with Gasteiger partial charge in [0, 0.05) is 30.3 Å². The molecule has 0 saturated carbocycles. The lowest BCUT2D eigenvalue weighted by Crippen LogP contribution is -2.46. The topological polar surface area (TPSA) is 62.2 Å². The van der Waals surface area contributed by atoms with Gasteiger partial charge in [-0.2, -0.15) is 0 Å². The first kappa shape index (κ1) is 12.6. The van der Waals surface area contributed by atoms with Crippen molar-refractivity contribution < 1.29 is 18.7 Å². The predicted octanol–water partition coefficient (Wildman–Crippen LogP) is 1.28. The summed E-state index contributed by atoms with van der Waals surface area (Å²) in [5.41, 5.74) is -1.67. The molecule has 1 unspecified atom stereocenters. The average molecular weight is 254 g/mol. The van der Waals surface area contributed by atoms with Gasteiger partial charge in [-0.05, 0) is 12.1 Å². The van der Waals surface area contributed by atoms with E-state index in [2.05, 4.69) is 16.9 Å². The normalized spacial score (nSPS) is 24.2. The Morgan fingerprint density at radius 3 is 2.78 bits per heavy atom. The van der Waals surface area contributed by atoms with E-state index in [0.29, 0.717) is 0 Å². The summed E-state index contributed by atoms with van der Waals surface area (Å²) in [4.78, 5) is 15.2. The Morgan fingerprint density at radius 2 is 2.22 bits per heavy atom. The first-order valence-corrected chi connectivity index (χ1v) is 5.39. The minimum absolute atomic E-state index is 0.0222. The molecule has 1 aromatic heterocycles. The Kier molecular flexibility index (Phi) is 3.13. The Balaban J connectivity index is 2.35. The number of nitrogens with one attached hydrogen (secondary N) is 1.